The molecule has 4 rings (SSSR count). The molecule has 0 saturated heterocycles. The van der Waals surface area contributed by atoms with Gasteiger partial charge in [0, 0.05) is 30.3 Å². The number of anilines is 2. The van der Waals surface area contributed by atoms with Crippen LogP contribution in [0.2, 0.25) is 5.15 Å². The number of rotatable bonds is 7. The van der Waals surface area contributed by atoms with Gasteiger partial charge in [-0.15, -0.1) is 0 Å². The molecule has 0 aliphatic rings. The van der Waals surface area contributed by atoms with Gasteiger partial charge in [0.2, 0.25) is 5.91 Å². The molecule has 208 valence electrons. The van der Waals surface area contributed by atoms with Gasteiger partial charge in [0.05, 0.1) is 6.54 Å². The molecular formula is C31H26ClFN4O4. The van der Waals surface area contributed by atoms with E-state index < -0.39 is 28.9 Å². The van der Waals surface area contributed by atoms with Crippen LogP contribution in [0, 0.1) is 24.6 Å². The molecule has 2 N–H and O–H groups in total. The van der Waals surface area contributed by atoms with Crippen LogP contribution in [0.25, 0.3) is 0 Å². The maximum Gasteiger partial charge on any atom is 0.332 e. The van der Waals surface area contributed by atoms with Crippen LogP contribution in [0.1, 0.15) is 33.5 Å². The number of nitrogens with one attached hydrogen (secondary N) is 2. The van der Waals surface area contributed by atoms with Gasteiger partial charge >= 0.3 is 5.69 Å². The minimum Gasteiger partial charge on any atom is -0.322 e. The Bertz CT molecular complexity index is 1780. The average molecular weight is 573 g/mol. The topological polar surface area (TPSA) is 102 Å². The van der Waals surface area contributed by atoms with Crippen LogP contribution in [0.5, 0.6) is 0 Å². The third-order valence-electron chi connectivity index (χ3n) is 6.20. The molecule has 0 fully saturated rings. The molecule has 2 amide bonds. The highest BCUT2D eigenvalue weighted by Crippen LogP contribution is 2.17. The summed E-state index contributed by atoms with van der Waals surface area (Å²) in [6.45, 7) is 1.83. The Kier molecular flexibility index (Phi) is 9.17. The second-order valence-corrected chi connectivity index (χ2v) is 9.63. The summed E-state index contributed by atoms with van der Waals surface area (Å²) in [5.41, 5.74) is 1.77. The fourth-order valence-corrected chi connectivity index (χ4v) is 4.15. The number of nitrogens with zero attached hydrogens (tertiary/aromatic N) is 2. The van der Waals surface area contributed by atoms with E-state index in [0.29, 0.717) is 17.7 Å². The average Bonchev–Trinajstić information content (AvgIpc) is 2.96. The van der Waals surface area contributed by atoms with Crippen LogP contribution in [0.4, 0.5) is 15.8 Å². The number of hydrogen-bond donors (Lipinski definition) is 2. The Balaban J connectivity index is 1.43. The van der Waals surface area contributed by atoms with Crippen LogP contribution in [0.3, 0.4) is 0 Å². The Labute approximate surface area is 240 Å². The number of aryl methyl sites for hydroxylation is 2. The molecule has 0 spiro atoms. The summed E-state index contributed by atoms with van der Waals surface area (Å²) in [7, 11) is 1.30. The van der Waals surface area contributed by atoms with E-state index in [1.807, 2.05) is 31.2 Å². The van der Waals surface area contributed by atoms with Crippen LogP contribution in [-0.4, -0.2) is 20.9 Å². The lowest BCUT2D eigenvalue weighted by molar-refractivity contribution is -0.116. The number of carbonyl (C=O) groups is 2. The Hall–Kier alpha value is -4.94. The summed E-state index contributed by atoms with van der Waals surface area (Å²) in [6, 6.07) is 19.7. The zero-order valence-corrected chi connectivity index (χ0v) is 23.1. The zero-order valence-electron chi connectivity index (χ0n) is 22.3. The van der Waals surface area contributed by atoms with Crippen molar-refractivity contribution in [3.05, 3.63) is 127 Å². The third kappa shape index (κ3) is 7.38. The summed E-state index contributed by atoms with van der Waals surface area (Å²) >= 11 is 6.38. The van der Waals surface area contributed by atoms with E-state index in [2.05, 4.69) is 22.5 Å². The molecule has 4 aromatic rings. The highest BCUT2D eigenvalue weighted by molar-refractivity contribution is 6.32. The van der Waals surface area contributed by atoms with Crippen molar-refractivity contribution in [2.75, 3.05) is 10.6 Å². The number of aromatic nitrogens is 2. The predicted octanol–water partition coefficient (Wildman–Crippen LogP) is 4.52. The number of carbonyl (C=O) groups excluding carboxylic acids is 2. The lowest BCUT2D eigenvalue weighted by Gasteiger charge is -2.13. The fraction of sp³-hybridized carbons (Fsp3) is 0.161. The molecule has 0 bridgehead atoms. The van der Waals surface area contributed by atoms with Gasteiger partial charge < -0.3 is 10.6 Å². The maximum absolute atomic E-state index is 13.4. The number of halogens is 2. The highest BCUT2D eigenvalue weighted by atomic mass is 35.5. The van der Waals surface area contributed by atoms with Crippen molar-refractivity contribution < 1.29 is 14.0 Å². The molecule has 0 aliphatic carbocycles. The standard InChI is InChI=1S/C31H26ClFN4O4/c1-20-8-10-22(11-9-20)14-17-26(38)35-27-28(32)37(31(41)36(2)30(27)40)18-4-5-21-12-15-25(16-13-21)34-29(39)23-6-3-7-24(33)19-23/h3,6-13,15-16,19H,14,17-18H2,1-2H3,(H,34,39)(H,35,38). The van der Waals surface area contributed by atoms with Crippen molar-refractivity contribution in [3.63, 3.8) is 0 Å². The predicted molar refractivity (Wildman–Crippen MR) is 157 cm³/mol. The summed E-state index contributed by atoms with van der Waals surface area (Å²) in [6.07, 6.45) is 0.600. The van der Waals surface area contributed by atoms with Gasteiger partial charge in [-0.1, -0.05) is 59.3 Å². The zero-order chi connectivity index (χ0) is 29.5. The van der Waals surface area contributed by atoms with Crippen molar-refractivity contribution in [3.8, 4) is 11.8 Å². The van der Waals surface area contributed by atoms with Gasteiger partial charge in [0.25, 0.3) is 11.5 Å². The van der Waals surface area contributed by atoms with Crippen LogP contribution < -0.4 is 21.9 Å². The summed E-state index contributed by atoms with van der Waals surface area (Å²) in [4.78, 5) is 50.3. The monoisotopic (exact) mass is 572 g/mol. The molecule has 41 heavy (non-hydrogen) atoms. The number of benzene rings is 3. The first kappa shape index (κ1) is 29.1. The van der Waals surface area contributed by atoms with Gasteiger partial charge in [-0.3, -0.25) is 23.5 Å². The van der Waals surface area contributed by atoms with Crippen molar-refractivity contribution >= 4 is 34.8 Å². The molecule has 8 nitrogen and oxygen atoms in total. The van der Waals surface area contributed by atoms with E-state index in [4.69, 9.17) is 11.6 Å². The first-order chi connectivity index (χ1) is 19.6. The van der Waals surface area contributed by atoms with Gasteiger partial charge in [-0.05, 0) is 61.4 Å². The molecule has 1 heterocycles. The molecular weight excluding hydrogens is 547 g/mol. The minimum absolute atomic E-state index is 0.125. The van der Waals surface area contributed by atoms with Crippen LogP contribution >= 0.6 is 11.6 Å². The SMILES string of the molecule is Cc1ccc(CCC(=O)Nc2c(Cl)n(CC#Cc3ccc(NC(=O)c4cccc(F)c4)cc3)c(=O)n(C)c2=O)cc1. The highest BCUT2D eigenvalue weighted by Gasteiger charge is 2.18. The normalized spacial score (nSPS) is 10.4. The first-order valence-corrected chi connectivity index (χ1v) is 13.0. The molecule has 3 aromatic carbocycles. The van der Waals surface area contributed by atoms with Crippen molar-refractivity contribution in [2.24, 2.45) is 7.05 Å². The molecule has 0 saturated carbocycles. The smallest absolute Gasteiger partial charge is 0.322 e. The molecule has 0 radical (unpaired) electrons. The van der Waals surface area contributed by atoms with Crippen LogP contribution in [0.15, 0.2) is 82.4 Å². The molecule has 0 atom stereocenters. The third-order valence-corrected chi connectivity index (χ3v) is 6.60. The largest absolute Gasteiger partial charge is 0.332 e. The van der Waals surface area contributed by atoms with Crippen molar-refractivity contribution in [2.45, 2.75) is 26.3 Å². The summed E-state index contributed by atoms with van der Waals surface area (Å²) < 4.78 is 15.3. The van der Waals surface area contributed by atoms with Gasteiger partial charge in [-0.2, -0.15) is 0 Å². The minimum atomic E-state index is -0.719. The van der Waals surface area contributed by atoms with Gasteiger partial charge in [0.1, 0.15) is 16.7 Å². The Morgan fingerprint density at radius 1 is 0.976 bits per heavy atom. The van der Waals surface area contributed by atoms with Gasteiger partial charge in [0.15, 0.2) is 0 Å². The van der Waals surface area contributed by atoms with E-state index in [1.165, 1.54) is 25.2 Å². The molecule has 1 aromatic heterocycles. The van der Waals surface area contributed by atoms with E-state index >= 15 is 0 Å². The summed E-state index contributed by atoms with van der Waals surface area (Å²) in [5, 5.41) is 5.01. The van der Waals surface area contributed by atoms with Crippen LogP contribution in [-0.2, 0) is 24.8 Å². The first-order valence-electron chi connectivity index (χ1n) is 12.6. The molecule has 0 unspecified atom stereocenters. The van der Waals surface area contributed by atoms with Gasteiger partial charge in [-0.25, -0.2) is 9.18 Å². The number of amides is 2. The van der Waals surface area contributed by atoms with E-state index in [9.17, 15) is 23.6 Å². The van der Waals surface area contributed by atoms with E-state index in [-0.39, 0.29) is 29.4 Å². The van der Waals surface area contributed by atoms with Crippen molar-refractivity contribution in [1.29, 1.82) is 0 Å². The fourth-order valence-electron chi connectivity index (χ4n) is 3.89. The molecule has 10 heteroatoms. The Morgan fingerprint density at radius 2 is 1.68 bits per heavy atom. The van der Waals surface area contributed by atoms with E-state index in [0.717, 1.165) is 26.3 Å². The lowest BCUT2D eigenvalue weighted by Crippen LogP contribution is -2.40. The second-order valence-electron chi connectivity index (χ2n) is 9.28. The number of hydrogen-bond acceptors (Lipinski definition) is 4. The summed E-state index contributed by atoms with van der Waals surface area (Å²) in [5.74, 6) is 4.37. The maximum atomic E-state index is 13.4. The lowest BCUT2D eigenvalue weighted by atomic mass is 10.1. The second kappa shape index (κ2) is 12.9. The molecule has 0 aliphatic heterocycles. The quantitative estimate of drug-likeness (QED) is 0.251. The van der Waals surface area contributed by atoms with Crippen molar-refractivity contribution in [1.82, 2.24) is 9.13 Å². The Morgan fingerprint density at radius 3 is 2.37 bits per heavy atom. The van der Waals surface area contributed by atoms with E-state index in [1.54, 1.807) is 24.3 Å².